The van der Waals surface area contributed by atoms with Crippen molar-refractivity contribution in [3.63, 3.8) is 0 Å². The number of hydrogen-bond acceptors (Lipinski definition) is 6. The van der Waals surface area contributed by atoms with E-state index in [-0.39, 0.29) is 6.54 Å². The van der Waals surface area contributed by atoms with Gasteiger partial charge in [0.15, 0.2) is 5.82 Å². The van der Waals surface area contributed by atoms with E-state index in [0.717, 1.165) is 5.06 Å². The number of hydroxylamine groups is 2. The molecule has 2 aromatic heterocycles. The maximum atomic E-state index is 10.2. The van der Waals surface area contributed by atoms with E-state index in [1.165, 1.54) is 0 Å². The minimum atomic E-state index is -0.894. The fraction of sp³-hybridized carbons (Fsp3) is 0.500. The number of H-pyrrole nitrogens is 1. The lowest BCUT2D eigenvalue weighted by molar-refractivity contribution is -0.172. The van der Waals surface area contributed by atoms with E-state index in [1.807, 2.05) is 27.7 Å². The molecule has 0 aliphatic carbocycles. The highest BCUT2D eigenvalue weighted by Crippen LogP contribution is 2.19. The molecule has 0 spiro atoms. The van der Waals surface area contributed by atoms with E-state index < -0.39 is 11.6 Å². The molecule has 114 valence electrons. The average Bonchev–Trinajstić information content (AvgIpc) is 2.84. The molecule has 7 nitrogen and oxygen atoms in total. The molecule has 0 aliphatic heterocycles. The summed E-state index contributed by atoms with van der Waals surface area (Å²) >= 11 is 0. The Morgan fingerprint density at radius 3 is 2.57 bits per heavy atom. The highest BCUT2D eigenvalue weighted by Gasteiger charge is 2.23. The lowest BCUT2D eigenvalue weighted by Crippen LogP contribution is -2.41. The van der Waals surface area contributed by atoms with Gasteiger partial charge in [0.1, 0.15) is 17.6 Å². The standard InChI is InChI=1S/C14H21N5O2/c1-9-15-13(18-17-9)11-7-5-6-10(16-11)12(20)8-19(21)14(2,3)4/h5-7,12,20-21H,8H2,1-4H3,(H,15,17,18)/t12-/m0/s1. The van der Waals surface area contributed by atoms with Gasteiger partial charge in [-0.05, 0) is 39.8 Å². The van der Waals surface area contributed by atoms with Gasteiger partial charge in [0.2, 0.25) is 0 Å². The predicted molar refractivity (Wildman–Crippen MR) is 77.6 cm³/mol. The number of β-amino-alcohol motifs (C(OH)–C–C–N with tert-alkyl or cyclic N) is 1. The van der Waals surface area contributed by atoms with Crippen LogP contribution < -0.4 is 0 Å². The van der Waals surface area contributed by atoms with Crippen molar-refractivity contribution >= 4 is 0 Å². The second-order valence-corrected chi connectivity index (χ2v) is 5.96. The van der Waals surface area contributed by atoms with Crippen LogP contribution in [0.3, 0.4) is 0 Å². The summed E-state index contributed by atoms with van der Waals surface area (Å²) in [6, 6.07) is 5.27. The molecule has 0 amide bonds. The Balaban J connectivity index is 2.17. The fourth-order valence-corrected chi connectivity index (χ4v) is 1.75. The van der Waals surface area contributed by atoms with Crippen LogP contribution in [0.25, 0.3) is 11.5 Å². The van der Waals surface area contributed by atoms with Crippen LogP contribution in [0.4, 0.5) is 0 Å². The van der Waals surface area contributed by atoms with Crippen molar-refractivity contribution in [3.05, 3.63) is 29.7 Å². The van der Waals surface area contributed by atoms with Gasteiger partial charge in [0.25, 0.3) is 0 Å². The fourth-order valence-electron chi connectivity index (χ4n) is 1.75. The normalized spacial score (nSPS) is 13.7. The van der Waals surface area contributed by atoms with Crippen molar-refractivity contribution in [2.24, 2.45) is 0 Å². The number of nitrogens with zero attached hydrogens (tertiary/aromatic N) is 4. The highest BCUT2D eigenvalue weighted by molar-refractivity contribution is 5.48. The number of aliphatic hydroxyl groups excluding tert-OH is 1. The molecule has 0 aliphatic rings. The lowest BCUT2D eigenvalue weighted by Gasteiger charge is -2.30. The van der Waals surface area contributed by atoms with Gasteiger partial charge in [-0.25, -0.2) is 9.97 Å². The largest absolute Gasteiger partial charge is 0.385 e. The molecule has 2 heterocycles. The summed E-state index contributed by atoms with van der Waals surface area (Å²) in [5.41, 5.74) is 0.605. The Labute approximate surface area is 123 Å². The highest BCUT2D eigenvalue weighted by atomic mass is 16.5. The van der Waals surface area contributed by atoms with Crippen LogP contribution >= 0.6 is 0 Å². The summed E-state index contributed by atoms with van der Waals surface area (Å²) in [4.78, 5) is 8.57. The Kier molecular flexibility index (Phi) is 4.36. The Morgan fingerprint density at radius 1 is 1.29 bits per heavy atom. The van der Waals surface area contributed by atoms with E-state index in [9.17, 15) is 10.3 Å². The summed E-state index contributed by atoms with van der Waals surface area (Å²) in [7, 11) is 0. The number of hydrogen-bond donors (Lipinski definition) is 3. The van der Waals surface area contributed by atoms with Crippen molar-refractivity contribution in [1.82, 2.24) is 25.2 Å². The molecule has 0 aromatic carbocycles. The maximum absolute atomic E-state index is 10.2. The van der Waals surface area contributed by atoms with E-state index in [1.54, 1.807) is 18.2 Å². The quantitative estimate of drug-likeness (QED) is 0.742. The van der Waals surface area contributed by atoms with Crippen LogP contribution in [0.5, 0.6) is 0 Å². The SMILES string of the molecule is Cc1nc(-c2cccc([C@@H](O)CN(O)C(C)(C)C)n2)n[nH]1. The molecule has 3 N–H and O–H groups in total. The smallest absolute Gasteiger partial charge is 0.199 e. The van der Waals surface area contributed by atoms with Crippen molar-refractivity contribution in [3.8, 4) is 11.5 Å². The third kappa shape index (κ3) is 3.84. The van der Waals surface area contributed by atoms with Gasteiger partial charge < -0.3 is 10.3 Å². The molecule has 2 rings (SSSR count). The molecule has 7 heteroatoms. The zero-order valence-electron chi connectivity index (χ0n) is 12.7. The summed E-state index contributed by atoms with van der Waals surface area (Å²) in [5, 5.41) is 28.0. The number of rotatable bonds is 4. The molecule has 0 bridgehead atoms. The Bertz CT molecular complexity index is 605. The number of pyridine rings is 1. The van der Waals surface area contributed by atoms with Gasteiger partial charge in [-0.3, -0.25) is 5.10 Å². The van der Waals surface area contributed by atoms with E-state index in [4.69, 9.17) is 0 Å². The summed E-state index contributed by atoms with van der Waals surface area (Å²) < 4.78 is 0. The van der Waals surface area contributed by atoms with Gasteiger partial charge in [-0.2, -0.15) is 10.2 Å². The van der Waals surface area contributed by atoms with E-state index in [0.29, 0.717) is 23.0 Å². The van der Waals surface area contributed by atoms with Crippen molar-refractivity contribution in [2.45, 2.75) is 39.3 Å². The van der Waals surface area contributed by atoms with Crippen LogP contribution in [-0.2, 0) is 0 Å². The van der Waals surface area contributed by atoms with Gasteiger partial charge in [0, 0.05) is 5.54 Å². The summed E-state index contributed by atoms with van der Waals surface area (Å²) in [6.45, 7) is 7.47. The third-order valence-electron chi connectivity index (χ3n) is 3.06. The van der Waals surface area contributed by atoms with Gasteiger partial charge >= 0.3 is 0 Å². The number of aromatic nitrogens is 4. The third-order valence-corrected chi connectivity index (χ3v) is 3.06. The van der Waals surface area contributed by atoms with Crippen LogP contribution in [0.1, 0.15) is 38.4 Å². The minimum absolute atomic E-state index is 0.0764. The zero-order chi connectivity index (χ0) is 15.6. The molecule has 0 saturated carbocycles. The Morgan fingerprint density at radius 2 is 2.00 bits per heavy atom. The zero-order valence-corrected chi connectivity index (χ0v) is 12.7. The molecule has 21 heavy (non-hydrogen) atoms. The van der Waals surface area contributed by atoms with Crippen LogP contribution in [-0.4, -0.2) is 47.6 Å². The topological polar surface area (TPSA) is 98.2 Å². The molecule has 0 fully saturated rings. The molecular weight excluding hydrogens is 270 g/mol. The first-order valence-corrected chi connectivity index (χ1v) is 6.78. The van der Waals surface area contributed by atoms with E-state index >= 15 is 0 Å². The number of aryl methyl sites for hydroxylation is 1. The summed E-state index contributed by atoms with van der Waals surface area (Å²) in [5.74, 6) is 1.19. The van der Waals surface area contributed by atoms with Gasteiger partial charge in [0.05, 0.1) is 12.2 Å². The minimum Gasteiger partial charge on any atom is -0.385 e. The van der Waals surface area contributed by atoms with Crippen LogP contribution in [0, 0.1) is 6.92 Å². The second kappa shape index (κ2) is 5.88. The first-order valence-electron chi connectivity index (χ1n) is 6.78. The first-order chi connectivity index (χ1) is 9.77. The second-order valence-electron chi connectivity index (χ2n) is 5.96. The molecule has 0 saturated heterocycles. The molecule has 0 radical (unpaired) electrons. The summed E-state index contributed by atoms with van der Waals surface area (Å²) in [6.07, 6.45) is -0.894. The number of nitrogens with one attached hydrogen (secondary N) is 1. The van der Waals surface area contributed by atoms with Crippen molar-refractivity contribution in [1.29, 1.82) is 0 Å². The molecule has 0 unspecified atom stereocenters. The lowest BCUT2D eigenvalue weighted by atomic mass is 10.1. The maximum Gasteiger partial charge on any atom is 0.199 e. The Hall–Kier alpha value is -1.83. The van der Waals surface area contributed by atoms with Crippen molar-refractivity contribution < 1.29 is 10.3 Å². The number of aliphatic hydroxyl groups is 1. The first kappa shape index (κ1) is 15.6. The van der Waals surface area contributed by atoms with E-state index in [2.05, 4.69) is 20.2 Å². The van der Waals surface area contributed by atoms with Crippen LogP contribution in [0.2, 0.25) is 0 Å². The monoisotopic (exact) mass is 291 g/mol. The number of aromatic amines is 1. The molecule has 1 atom stereocenters. The van der Waals surface area contributed by atoms with Crippen molar-refractivity contribution in [2.75, 3.05) is 6.54 Å². The predicted octanol–water partition coefficient (Wildman–Crippen LogP) is 1.70. The molecule has 2 aromatic rings. The van der Waals surface area contributed by atoms with Gasteiger partial charge in [-0.15, -0.1) is 0 Å². The van der Waals surface area contributed by atoms with Gasteiger partial charge in [-0.1, -0.05) is 6.07 Å². The average molecular weight is 291 g/mol. The van der Waals surface area contributed by atoms with Crippen LogP contribution in [0.15, 0.2) is 18.2 Å². The molecular formula is C14H21N5O2.